The standard InChI is InChI=1S/C21H30FN3O2/c1-15(2)19(23-20(26)17-9-3-4-10-18(17)22)21(27)25-13-7-8-16(14-25)24-11-5-6-12-24/h3-4,9-10,15-16,19H,5-8,11-14H2,1-2H3,(H,23,26). The van der Waals surface area contributed by atoms with E-state index in [1.165, 1.54) is 25.0 Å². The summed E-state index contributed by atoms with van der Waals surface area (Å²) >= 11 is 0. The highest BCUT2D eigenvalue weighted by Crippen LogP contribution is 2.22. The number of nitrogens with one attached hydrogen (secondary N) is 1. The average molecular weight is 375 g/mol. The molecule has 2 aliphatic rings. The summed E-state index contributed by atoms with van der Waals surface area (Å²) in [5, 5.41) is 2.77. The molecule has 0 spiro atoms. The zero-order chi connectivity index (χ0) is 19.4. The molecular formula is C21H30FN3O2. The maximum atomic E-state index is 13.9. The van der Waals surface area contributed by atoms with E-state index in [0.717, 1.165) is 39.0 Å². The van der Waals surface area contributed by atoms with E-state index in [2.05, 4.69) is 10.2 Å². The molecule has 0 aromatic heterocycles. The van der Waals surface area contributed by atoms with Crippen LogP contribution in [0.1, 0.15) is 49.9 Å². The molecule has 1 aromatic carbocycles. The van der Waals surface area contributed by atoms with Crippen LogP contribution in [0.5, 0.6) is 0 Å². The molecule has 3 rings (SSSR count). The lowest BCUT2D eigenvalue weighted by Gasteiger charge is -2.39. The Morgan fingerprint density at radius 1 is 1.11 bits per heavy atom. The molecule has 2 atom stereocenters. The molecule has 0 radical (unpaired) electrons. The van der Waals surface area contributed by atoms with E-state index in [9.17, 15) is 14.0 Å². The summed E-state index contributed by atoms with van der Waals surface area (Å²) in [4.78, 5) is 30.0. The van der Waals surface area contributed by atoms with Crippen LogP contribution >= 0.6 is 0 Å². The Morgan fingerprint density at radius 3 is 2.48 bits per heavy atom. The van der Waals surface area contributed by atoms with Crippen molar-refractivity contribution in [3.63, 3.8) is 0 Å². The fraction of sp³-hybridized carbons (Fsp3) is 0.619. The van der Waals surface area contributed by atoms with Crippen LogP contribution in [0.25, 0.3) is 0 Å². The van der Waals surface area contributed by atoms with Crippen molar-refractivity contribution in [2.75, 3.05) is 26.2 Å². The van der Waals surface area contributed by atoms with Gasteiger partial charge in [-0.25, -0.2) is 4.39 Å². The van der Waals surface area contributed by atoms with E-state index in [0.29, 0.717) is 6.04 Å². The van der Waals surface area contributed by atoms with Crippen LogP contribution in [0.2, 0.25) is 0 Å². The summed E-state index contributed by atoms with van der Waals surface area (Å²) in [5.41, 5.74) is -0.0236. The lowest BCUT2D eigenvalue weighted by Crippen LogP contribution is -2.56. The van der Waals surface area contributed by atoms with Crippen molar-refractivity contribution in [1.82, 2.24) is 15.1 Å². The Hall–Kier alpha value is -1.95. The number of amides is 2. The third-order valence-corrected chi connectivity index (χ3v) is 5.70. The van der Waals surface area contributed by atoms with Gasteiger partial charge in [-0.2, -0.15) is 0 Å². The fourth-order valence-corrected chi connectivity index (χ4v) is 4.13. The zero-order valence-corrected chi connectivity index (χ0v) is 16.3. The van der Waals surface area contributed by atoms with Crippen molar-refractivity contribution in [2.45, 2.75) is 51.6 Å². The number of halogens is 1. The summed E-state index contributed by atoms with van der Waals surface area (Å²) < 4.78 is 13.9. The lowest BCUT2D eigenvalue weighted by molar-refractivity contribution is -0.136. The highest BCUT2D eigenvalue weighted by atomic mass is 19.1. The van der Waals surface area contributed by atoms with Gasteiger partial charge in [0.05, 0.1) is 5.56 Å². The topological polar surface area (TPSA) is 52.7 Å². The minimum absolute atomic E-state index is 0.0236. The largest absolute Gasteiger partial charge is 0.340 e. The minimum atomic E-state index is -0.644. The molecule has 2 unspecified atom stereocenters. The Morgan fingerprint density at radius 2 is 1.81 bits per heavy atom. The molecule has 2 amide bonds. The Labute approximate surface area is 160 Å². The van der Waals surface area contributed by atoms with Gasteiger partial charge in [0.15, 0.2) is 0 Å². The molecule has 2 aliphatic heterocycles. The number of hydrogen-bond acceptors (Lipinski definition) is 3. The summed E-state index contributed by atoms with van der Waals surface area (Å²) in [5.74, 6) is -1.23. The van der Waals surface area contributed by atoms with E-state index in [1.54, 1.807) is 12.1 Å². The van der Waals surface area contributed by atoms with Gasteiger partial charge in [-0.1, -0.05) is 26.0 Å². The van der Waals surface area contributed by atoms with Crippen molar-refractivity contribution in [3.8, 4) is 0 Å². The molecule has 0 aliphatic carbocycles. The molecule has 0 saturated carbocycles. The molecule has 2 fully saturated rings. The summed E-state index contributed by atoms with van der Waals surface area (Å²) in [6.07, 6.45) is 4.58. The number of carbonyl (C=O) groups is 2. The number of carbonyl (C=O) groups excluding carboxylic acids is 2. The van der Waals surface area contributed by atoms with Gasteiger partial charge in [0.2, 0.25) is 5.91 Å². The quantitative estimate of drug-likeness (QED) is 0.861. The Balaban J connectivity index is 1.67. The molecule has 27 heavy (non-hydrogen) atoms. The van der Waals surface area contributed by atoms with E-state index < -0.39 is 17.8 Å². The van der Waals surface area contributed by atoms with Crippen molar-refractivity contribution in [1.29, 1.82) is 0 Å². The number of nitrogens with zero attached hydrogens (tertiary/aromatic N) is 2. The molecule has 0 bridgehead atoms. The van der Waals surface area contributed by atoms with Gasteiger partial charge in [-0.15, -0.1) is 0 Å². The van der Waals surface area contributed by atoms with E-state index in [1.807, 2.05) is 18.7 Å². The number of likely N-dealkylation sites (tertiary alicyclic amines) is 2. The smallest absolute Gasteiger partial charge is 0.254 e. The molecule has 1 N–H and O–H groups in total. The first kappa shape index (κ1) is 19.8. The van der Waals surface area contributed by atoms with Crippen molar-refractivity contribution < 1.29 is 14.0 Å². The number of rotatable bonds is 5. The predicted octanol–water partition coefficient (Wildman–Crippen LogP) is 2.67. The normalized spacial score (nSPS) is 22.1. The predicted molar refractivity (Wildman–Crippen MR) is 103 cm³/mol. The SMILES string of the molecule is CC(C)C(NC(=O)c1ccccc1F)C(=O)N1CCCC(N2CCCC2)C1. The summed E-state index contributed by atoms with van der Waals surface area (Å²) in [7, 11) is 0. The van der Waals surface area contributed by atoms with E-state index in [-0.39, 0.29) is 17.4 Å². The molecular weight excluding hydrogens is 345 g/mol. The molecule has 1 aromatic rings. The molecule has 2 heterocycles. The second-order valence-electron chi connectivity index (χ2n) is 8.00. The van der Waals surface area contributed by atoms with Crippen LogP contribution in [0.3, 0.4) is 0 Å². The second-order valence-corrected chi connectivity index (χ2v) is 8.00. The highest BCUT2D eigenvalue weighted by Gasteiger charge is 2.34. The summed E-state index contributed by atoms with van der Waals surface area (Å²) in [6, 6.07) is 5.64. The third-order valence-electron chi connectivity index (χ3n) is 5.70. The van der Waals surface area contributed by atoms with Crippen LogP contribution in [-0.2, 0) is 4.79 Å². The van der Waals surface area contributed by atoms with Gasteiger partial charge in [0, 0.05) is 19.1 Å². The van der Waals surface area contributed by atoms with Crippen molar-refractivity contribution in [3.05, 3.63) is 35.6 Å². The lowest BCUT2D eigenvalue weighted by atomic mass is 9.98. The van der Waals surface area contributed by atoms with E-state index in [4.69, 9.17) is 0 Å². The minimum Gasteiger partial charge on any atom is -0.340 e. The fourth-order valence-electron chi connectivity index (χ4n) is 4.13. The zero-order valence-electron chi connectivity index (χ0n) is 16.3. The van der Waals surface area contributed by atoms with Gasteiger partial charge in [-0.3, -0.25) is 14.5 Å². The summed E-state index contributed by atoms with van der Waals surface area (Å²) in [6.45, 7) is 7.49. The first-order chi connectivity index (χ1) is 13.0. The molecule has 5 nitrogen and oxygen atoms in total. The Kier molecular flexibility index (Phi) is 6.47. The van der Waals surface area contributed by atoms with Gasteiger partial charge in [0.25, 0.3) is 5.91 Å². The monoisotopic (exact) mass is 375 g/mol. The van der Waals surface area contributed by atoms with Crippen LogP contribution in [-0.4, -0.2) is 59.9 Å². The average Bonchev–Trinajstić information content (AvgIpc) is 3.20. The van der Waals surface area contributed by atoms with Crippen LogP contribution in [0, 0.1) is 11.7 Å². The maximum absolute atomic E-state index is 13.9. The van der Waals surface area contributed by atoms with Crippen LogP contribution in [0.4, 0.5) is 4.39 Å². The first-order valence-corrected chi connectivity index (χ1v) is 10.1. The maximum Gasteiger partial charge on any atom is 0.254 e. The van der Waals surface area contributed by atoms with Crippen molar-refractivity contribution in [2.24, 2.45) is 5.92 Å². The molecule has 2 saturated heterocycles. The van der Waals surface area contributed by atoms with Crippen LogP contribution in [0.15, 0.2) is 24.3 Å². The molecule has 148 valence electrons. The first-order valence-electron chi connectivity index (χ1n) is 10.1. The van der Waals surface area contributed by atoms with Gasteiger partial charge < -0.3 is 10.2 Å². The molecule has 6 heteroatoms. The van der Waals surface area contributed by atoms with Gasteiger partial charge in [-0.05, 0) is 56.8 Å². The number of benzene rings is 1. The van der Waals surface area contributed by atoms with Gasteiger partial charge in [0.1, 0.15) is 11.9 Å². The number of piperidine rings is 1. The highest BCUT2D eigenvalue weighted by molar-refractivity contribution is 5.97. The third kappa shape index (κ3) is 4.67. The van der Waals surface area contributed by atoms with Crippen LogP contribution < -0.4 is 5.32 Å². The number of hydrogen-bond donors (Lipinski definition) is 1. The van der Waals surface area contributed by atoms with Gasteiger partial charge >= 0.3 is 0 Å². The second kappa shape index (κ2) is 8.83. The van der Waals surface area contributed by atoms with Crippen molar-refractivity contribution >= 4 is 11.8 Å². The van der Waals surface area contributed by atoms with E-state index >= 15 is 0 Å². The Bertz CT molecular complexity index is 673.